The summed E-state index contributed by atoms with van der Waals surface area (Å²) in [6.07, 6.45) is 3.66. The highest BCUT2D eigenvalue weighted by Gasteiger charge is 2.50. The number of ether oxygens (including phenoxy) is 2. The van der Waals surface area contributed by atoms with Crippen LogP contribution in [0, 0.1) is 23.1 Å². The molecule has 1 unspecified atom stereocenters. The van der Waals surface area contributed by atoms with Gasteiger partial charge < -0.3 is 24.2 Å². The van der Waals surface area contributed by atoms with Crippen molar-refractivity contribution in [2.75, 3.05) is 71.5 Å². The van der Waals surface area contributed by atoms with E-state index in [2.05, 4.69) is 57.7 Å². The highest BCUT2D eigenvalue weighted by Crippen LogP contribution is 2.45. The molecular formula is C33H52FN7O3. The molecule has 2 fully saturated rings. The van der Waals surface area contributed by atoms with Gasteiger partial charge in [0.05, 0.1) is 12.2 Å². The van der Waals surface area contributed by atoms with Crippen LogP contribution in [-0.2, 0) is 4.74 Å². The largest absolute Gasteiger partial charge is 0.434 e. The van der Waals surface area contributed by atoms with Crippen LogP contribution in [-0.4, -0.2) is 114 Å². The predicted molar refractivity (Wildman–Crippen MR) is 171 cm³/mol. The Morgan fingerprint density at radius 3 is 2.57 bits per heavy atom. The maximum absolute atomic E-state index is 14.3. The predicted octanol–water partition coefficient (Wildman–Crippen LogP) is 4.81. The lowest BCUT2D eigenvalue weighted by Gasteiger charge is -2.53. The number of rotatable bonds is 15. The number of likely N-dealkylation sites (N-methyl/N-ethyl adjacent to an activating group) is 1. The molecule has 1 aromatic carbocycles. The number of anilines is 1. The van der Waals surface area contributed by atoms with E-state index in [4.69, 9.17) is 9.47 Å². The maximum Gasteiger partial charge on any atom is 0.282 e. The van der Waals surface area contributed by atoms with Gasteiger partial charge in [0.15, 0.2) is 5.82 Å². The van der Waals surface area contributed by atoms with Crippen molar-refractivity contribution in [3.05, 3.63) is 35.9 Å². The van der Waals surface area contributed by atoms with Gasteiger partial charge in [-0.15, -0.1) is 10.2 Å². The lowest BCUT2D eigenvalue weighted by Crippen LogP contribution is -2.62. The van der Waals surface area contributed by atoms with E-state index in [0.717, 1.165) is 52.3 Å². The minimum Gasteiger partial charge on any atom is -0.434 e. The molecule has 0 saturated carbocycles. The minimum absolute atomic E-state index is 0.0418. The molecule has 2 atom stereocenters. The average Bonchev–Trinajstić information content (AvgIpc) is 3.41. The first-order valence-corrected chi connectivity index (χ1v) is 16.1. The summed E-state index contributed by atoms with van der Waals surface area (Å²) >= 11 is 0. The molecule has 2 saturated heterocycles. The maximum atomic E-state index is 14.3. The third-order valence-corrected chi connectivity index (χ3v) is 9.11. The number of benzene rings is 1. The minimum atomic E-state index is -0.499. The Hall–Kier alpha value is -2.89. The number of hydrogen-bond acceptors (Lipinski definition) is 9. The van der Waals surface area contributed by atoms with Crippen LogP contribution in [0.3, 0.4) is 0 Å². The number of aromatic nitrogens is 3. The molecule has 10 nitrogen and oxygen atoms in total. The van der Waals surface area contributed by atoms with Gasteiger partial charge in [0, 0.05) is 70.4 Å². The standard InChI is InChI=1S/C33H52FN7O3/c1-9-41(24(4)5)32(42)27-17-26(34)10-11-29(27)44-31-30(35-22-36-37-31)39-13-12-33(19-39)20-40(21-33)28(16-23(2)3)25(6)18-38(7)14-15-43-8/h10-11,17,22-25,28H,9,12-16,18-21H2,1-8H3/t25?,28-/m1/s1. The number of nitrogens with zero attached hydrogens (tertiary/aromatic N) is 7. The number of amides is 1. The van der Waals surface area contributed by atoms with Crippen LogP contribution in [0.25, 0.3) is 0 Å². The average molecular weight is 614 g/mol. The van der Waals surface area contributed by atoms with E-state index >= 15 is 0 Å². The van der Waals surface area contributed by atoms with Crippen LogP contribution in [0.5, 0.6) is 11.6 Å². The van der Waals surface area contributed by atoms with E-state index in [1.165, 1.54) is 30.9 Å². The van der Waals surface area contributed by atoms with Crippen LogP contribution in [0.1, 0.15) is 64.7 Å². The molecule has 1 aromatic heterocycles. The van der Waals surface area contributed by atoms with Crippen molar-refractivity contribution in [2.45, 2.75) is 66.5 Å². The van der Waals surface area contributed by atoms with Gasteiger partial charge in [-0.05, 0) is 70.7 Å². The molecule has 2 aromatic rings. The second-order valence-electron chi connectivity index (χ2n) is 13.5. The zero-order valence-corrected chi connectivity index (χ0v) is 27.9. The van der Waals surface area contributed by atoms with Crippen molar-refractivity contribution in [3.8, 4) is 11.6 Å². The van der Waals surface area contributed by atoms with Gasteiger partial charge in [-0.3, -0.25) is 9.69 Å². The summed E-state index contributed by atoms with van der Waals surface area (Å²) in [5.74, 6) is 1.45. The van der Waals surface area contributed by atoms with Gasteiger partial charge in [0.1, 0.15) is 17.9 Å². The van der Waals surface area contributed by atoms with Crippen LogP contribution in [0.15, 0.2) is 24.5 Å². The number of methoxy groups -OCH3 is 1. The zero-order chi connectivity index (χ0) is 32.0. The van der Waals surface area contributed by atoms with E-state index in [1.807, 2.05) is 20.8 Å². The Kier molecular flexibility index (Phi) is 11.5. The number of likely N-dealkylation sites (tertiary alicyclic amines) is 1. The van der Waals surface area contributed by atoms with Crippen molar-refractivity contribution in [1.82, 2.24) is 29.9 Å². The third kappa shape index (κ3) is 8.03. The Bertz CT molecular complexity index is 1240. The Balaban J connectivity index is 1.46. The Morgan fingerprint density at radius 2 is 1.91 bits per heavy atom. The van der Waals surface area contributed by atoms with E-state index < -0.39 is 5.82 Å². The topological polar surface area (TPSA) is 87.2 Å². The van der Waals surface area contributed by atoms with Crippen LogP contribution in [0.4, 0.5) is 10.2 Å². The highest BCUT2D eigenvalue weighted by atomic mass is 19.1. The third-order valence-electron chi connectivity index (χ3n) is 9.11. The lowest BCUT2D eigenvalue weighted by atomic mass is 9.76. The van der Waals surface area contributed by atoms with Crippen LogP contribution < -0.4 is 9.64 Å². The van der Waals surface area contributed by atoms with Gasteiger partial charge in [-0.25, -0.2) is 9.37 Å². The molecule has 0 bridgehead atoms. The molecule has 1 spiro atoms. The summed E-state index contributed by atoms with van der Waals surface area (Å²) in [5.41, 5.74) is 0.345. The zero-order valence-electron chi connectivity index (χ0n) is 27.9. The molecule has 244 valence electrons. The molecule has 0 aliphatic carbocycles. The van der Waals surface area contributed by atoms with Crippen LogP contribution >= 0.6 is 0 Å². The summed E-state index contributed by atoms with van der Waals surface area (Å²) in [5, 5.41) is 8.24. The summed E-state index contributed by atoms with van der Waals surface area (Å²) in [6, 6.07) is 4.48. The highest BCUT2D eigenvalue weighted by molar-refractivity contribution is 5.97. The Labute approximate surface area is 262 Å². The molecule has 2 aliphatic heterocycles. The van der Waals surface area contributed by atoms with E-state index in [0.29, 0.717) is 30.2 Å². The number of carbonyl (C=O) groups excluding carboxylic acids is 1. The number of hydrogen-bond donors (Lipinski definition) is 0. The molecule has 2 aliphatic rings. The van der Waals surface area contributed by atoms with Crippen molar-refractivity contribution >= 4 is 11.7 Å². The van der Waals surface area contributed by atoms with Crippen LogP contribution in [0.2, 0.25) is 0 Å². The van der Waals surface area contributed by atoms with Gasteiger partial charge in [0.25, 0.3) is 11.8 Å². The van der Waals surface area contributed by atoms with E-state index in [-0.39, 0.29) is 34.6 Å². The fraction of sp³-hybridized carbons (Fsp3) is 0.697. The van der Waals surface area contributed by atoms with Crippen molar-refractivity contribution in [1.29, 1.82) is 0 Å². The Morgan fingerprint density at radius 1 is 1.16 bits per heavy atom. The van der Waals surface area contributed by atoms with Gasteiger partial charge in [-0.1, -0.05) is 20.8 Å². The molecule has 3 heterocycles. The number of carbonyl (C=O) groups is 1. The first kappa shape index (κ1) is 34.0. The van der Waals surface area contributed by atoms with Crippen molar-refractivity contribution in [2.24, 2.45) is 17.3 Å². The summed E-state index contributed by atoms with van der Waals surface area (Å²) < 4.78 is 25.8. The van der Waals surface area contributed by atoms with Gasteiger partial charge in [-0.2, -0.15) is 0 Å². The molecule has 0 radical (unpaired) electrons. The van der Waals surface area contributed by atoms with E-state index in [9.17, 15) is 9.18 Å². The molecule has 0 N–H and O–H groups in total. The van der Waals surface area contributed by atoms with E-state index in [1.54, 1.807) is 12.0 Å². The SMILES string of the molecule is CCN(C(=O)c1cc(F)ccc1Oc1nncnc1N1CCC2(C1)CN([C@H](CC(C)C)C(C)CN(C)CCOC)C2)C(C)C. The summed E-state index contributed by atoms with van der Waals surface area (Å²) in [4.78, 5) is 26.9. The summed E-state index contributed by atoms with van der Waals surface area (Å²) in [7, 11) is 3.93. The second-order valence-corrected chi connectivity index (χ2v) is 13.5. The fourth-order valence-electron chi connectivity index (χ4n) is 6.90. The van der Waals surface area contributed by atoms with Gasteiger partial charge in [0.2, 0.25) is 0 Å². The smallest absolute Gasteiger partial charge is 0.282 e. The van der Waals surface area contributed by atoms with Gasteiger partial charge >= 0.3 is 0 Å². The molecular weight excluding hydrogens is 561 g/mol. The first-order chi connectivity index (χ1) is 21.0. The molecule has 1 amide bonds. The molecule has 11 heteroatoms. The number of halogens is 1. The normalized spacial score (nSPS) is 17.9. The quantitative estimate of drug-likeness (QED) is 0.281. The first-order valence-electron chi connectivity index (χ1n) is 16.1. The van der Waals surface area contributed by atoms with Crippen molar-refractivity contribution < 1.29 is 18.7 Å². The molecule has 44 heavy (non-hydrogen) atoms. The molecule has 4 rings (SSSR count). The summed E-state index contributed by atoms with van der Waals surface area (Å²) in [6.45, 7) is 19.8. The second kappa shape index (κ2) is 14.9. The monoisotopic (exact) mass is 613 g/mol. The van der Waals surface area contributed by atoms with Crippen molar-refractivity contribution in [3.63, 3.8) is 0 Å². The lowest BCUT2D eigenvalue weighted by molar-refractivity contribution is -0.0433. The fourth-order valence-corrected chi connectivity index (χ4v) is 6.90.